The lowest BCUT2D eigenvalue weighted by Crippen LogP contribution is -2.18. The number of benzene rings is 1. The number of amides is 1. The molecular weight excluding hydrogens is 371 g/mol. The zero-order chi connectivity index (χ0) is 18.6. The van der Waals surface area contributed by atoms with Crippen molar-refractivity contribution in [2.75, 3.05) is 17.7 Å². The SMILES string of the molecule is O=C(CSc1nnnn1CC1CCCO1)Nc1cccc(C(F)(F)F)c1. The largest absolute Gasteiger partial charge is 0.416 e. The van der Waals surface area contributed by atoms with Gasteiger partial charge in [-0.25, -0.2) is 4.68 Å². The molecule has 2 heterocycles. The molecule has 0 aliphatic carbocycles. The molecule has 0 spiro atoms. The number of hydrogen-bond donors (Lipinski definition) is 1. The first-order chi connectivity index (χ1) is 12.4. The molecule has 11 heteroatoms. The number of carbonyl (C=O) groups excluding carboxylic acids is 1. The maximum Gasteiger partial charge on any atom is 0.416 e. The minimum absolute atomic E-state index is 0.0257. The van der Waals surface area contributed by atoms with Crippen LogP contribution in [0.5, 0.6) is 0 Å². The van der Waals surface area contributed by atoms with Crippen LogP contribution in [0.4, 0.5) is 18.9 Å². The topological polar surface area (TPSA) is 81.9 Å². The summed E-state index contributed by atoms with van der Waals surface area (Å²) in [6.07, 6.45) is -2.48. The van der Waals surface area contributed by atoms with Crippen LogP contribution in [-0.4, -0.2) is 44.6 Å². The standard InChI is InChI=1S/C15H16F3N5O2S/c16-15(17,18)10-3-1-4-11(7-10)19-13(24)9-26-14-20-21-22-23(14)8-12-5-2-6-25-12/h1,3-4,7,12H,2,5-6,8-9H2,(H,19,24). The van der Waals surface area contributed by atoms with Crippen LogP contribution in [0.1, 0.15) is 18.4 Å². The summed E-state index contributed by atoms with van der Waals surface area (Å²) in [5.74, 6) is -0.469. The van der Waals surface area contributed by atoms with Crippen molar-refractivity contribution in [1.82, 2.24) is 20.2 Å². The molecule has 140 valence electrons. The number of aromatic nitrogens is 4. The molecule has 1 N–H and O–H groups in total. The lowest BCUT2D eigenvalue weighted by atomic mass is 10.2. The molecule has 0 radical (unpaired) electrons. The van der Waals surface area contributed by atoms with Gasteiger partial charge in [0.2, 0.25) is 11.1 Å². The summed E-state index contributed by atoms with van der Waals surface area (Å²) in [5, 5.41) is 14.2. The van der Waals surface area contributed by atoms with Gasteiger partial charge in [0, 0.05) is 12.3 Å². The number of alkyl halides is 3. The van der Waals surface area contributed by atoms with E-state index in [0.29, 0.717) is 18.3 Å². The molecule has 1 unspecified atom stereocenters. The Hall–Kier alpha value is -2.14. The maximum absolute atomic E-state index is 12.7. The van der Waals surface area contributed by atoms with Crippen LogP contribution in [0, 0.1) is 0 Å². The van der Waals surface area contributed by atoms with Crippen molar-refractivity contribution in [3.8, 4) is 0 Å². The number of rotatable bonds is 6. The van der Waals surface area contributed by atoms with Crippen LogP contribution < -0.4 is 5.32 Å². The quantitative estimate of drug-likeness (QED) is 0.768. The summed E-state index contributed by atoms with van der Waals surface area (Å²) in [7, 11) is 0. The Kier molecular flexibility index (Phi) is 5.77. The number of nitrogens with zero attached hydrogens (tertiary/aromatic N) is 4. The number of hydrogen-bond acceptors (Lipinski definition) is 6. The van der Waals surface area contributed by atoms with Crippen molar-refractivity contribution in [2.45, 2.75) is 36.8 Å². The smallest absolute Gasteiger partial charge is 0.376 e. The van der Waals surface area contributed by atoms with E-state index in [-0.39, 0.29) is 17.5 Å². The van der Waals surface area contributed by atoms with E-state index in [1.165, 1.54) is 12.1 Å². The van der Waals surface area contributed by atoms with E-state index in [1.807, 2.05) is 0 Å². The second kappa shape index (κ2) is 8.04. The summed E-state index contributed by atoms with van der Waals surface area (Å²) in [6.45, 7) is 1.22. The zero-order valence-electron chi connectivity index (χ0n) is 13.6. The number of halogens is 3. The Bertz CT molecular complexity index is 762. The minimum Gasteiger partial charge on any atom is -0.376 e. The second-order valence-electron chi connectivity index (χ2n) is 5.69. The highest BCUT2D eigenvalue weighted by Crippen LogP contribution is 2.30. The van der Waals surface area contributed by atoms with Crippen LogP contribution in [0.25, 0.3) is 0 Å². The van der Waals surface area contributed by atoms with E-state index >= 15 is 0 Å². The van der Waals surface area contributed by atoms with Crippen molar-refractivity contribution in [3.05, 3.63) is 29.8 Å². The Balaban J connectivity index is 1.54. The molecule has 0 saturated carbocycles. The fourth-order valence-corrected chi connectivity index (χ4v) is 3.18. The Morgan fingerprint density at radius 2 is 2.27 bits per heavy atom. The van der Waals surface area contributed by atoms with Crippen molar-refractivity contribution < 1.29 is 22.7 Å². The van der Waals surface area contributed by atoms with Crippen molar-refractivity contribution >= 4 is 23.4 Å². The van der Waals surface area contributed by atoms with Gasteiger partial charge in [-0.05, 0) is 41.5 Å². The third-order valence-corrected chi connectivity index (χ3v) is 4.66. The summed E-state index contributed by atoms with van der Waals surface area (Å²) in [5.41, 5.74) is -0.729. The molecule has 2 aromatic rings. The molecule has 1 atom stereocenters. The van der Waals surface area contributed by atoms with Crippen molar-refractivity contribution in [3.63, 3.8) is 0 Å². The number of ether oxygens (including phenoxy) is 1. The van der Waals surface area contributed by atoms with E-state index < -0.39 is 17.6 Å². The third-order valence-electron chi connectivity index (χ3n) is 3.71. The normalized spacial score (nSPS) is 17.4. The van der Waals surface area contributed by atoms with Gasteiger partial charge in [-0.3, -0.25) is 4.79 Å². The van der Waals surface area contributed by atoms with Gasteiger partial charge in [-0.2, -0.15) is 13.2 Å². The van der Waals surface area contributed by atoms with Crippen molar-refractivity contribution in [2.24, 2.45) is 0 Å². The second-order valence-corrected chi connectivity index (χ2v) is 6.64. The van der Waals surface area contributed by atoms with E-state index in [0.717, 1.165) is 36.7 Å². The first-order valence-corrected chi connectivity index (χ1v) is 8.88. The number of anilines is 1. The van der Waals surface area contributed by atoms with Crippen molar-refractivity contribution in [1.29, 1.82) is 0 Å². The number of thioether (sulfide) groups is 1. The molecule has 1 aromatic carbocycles. The molecular formula is C15H16F3N5O2S. The number of tetrazole rings is 1. The Labute approximate surface area is 151 Å². The molecule has 0 bridgehead atoms. The first kappa shape index (κ1) is 18.6. The molecule has 1 fully saturated rings. The number of carbonyl (C=O) groups is 1. The fourth-order valence-electron chi connectivity index (χ4n) is 2.50. The monoisotopic (exact) mass is 387 g/mol. The lowest BCUT2D eigenvalue weighted by Gasteiger charge is -2.11. The summed E-state index contributed by atoms with van der Waals surface area (Å²) < 4.78 is 45.2. The highest BCUT2D eigenvalue weighted by molar-refractivity contribution is 7.99. The van der Waals surface area contributed by atoms with Gasteiger partial charge in [0.15, 0.2) is 0 Å². The van der Waals surface area contributed by atoms with Gasteiger partial charge in [0.25, 0.3) is 0 Å². The van der Waals surface area contributed by atoms with Gasteiger partial charge >= 0.3 is 6.18 Å². The third kappa shape index (κ3) is 4.94. The van der Waals surface area contributed by atoms with Gasteiger partial charge in [0.05, 0.1) is 24.0 Å². The van der Waals surface area contributed by atoms with Gasteiger partial charge in [0.1, 0.15) is 0 Å². The average molecular weight is 387 g/mol. The summed E-state index contributed by atoms with van der Waals surface area (Å²) >= 11 is 1.11. The van der Waals surface area contributed by atoms with Crippen LogP contribution >= 0.6 is 11.8 Å². The van der Waals surface area contributed by atoms with E-state index in [1.54, 1.807) is 4.68 Å². The molecule has 1 aliphatic heterocycles. The summed E-state index contributed by atoms with van der Waals surface area (Å²) in [4.78, 5) is 12.0. The van der Waals surface area contributed by atoms with Crippen LogP contribution in [0.15, 0.2) is 29.4 Å². The molecule has 3 rings (SSSR count). The van der Waals surface area contributed by atoms with Crippen LogP contribution in [-0.2, 0) is 22.3 Å². The summed E-state index contributed by atoms with van der Waals surface area (Å²) in [6, 6.07) is 4.49. The average Bonchev–Trinajstić information content (AvgIpc) is 3.25. The molecule has 7 nitrogen and oxygen atoms in total. The predicted molar refractivity (Wildman–Crippen MR) is 87.6 cm³/mol. The van der Waals surface area contributed by atoms with Gasteiger partial charge < -0.3 is 10.1 Å². The first-order valence-electron chi connectivity index (χ1n) is 7.89. The van der Waals surface area contributed by atoms with Crippen LogP contribution in [0.2, 0.25) is 0 Å². The minimum atomic E-state index is -4.46. The molecule has 1 amide bonds. The van der Waals surface area contributed by atoms with E-state index in [2.05, 4.69) is 20.8 Å². The zero-order valence-corrected chi connectivity index (χ0v) is 14.4. The molecule has 1 aliphatic rings. The van der Waals surface area contributed by atoms with E-state index in [4.69, 9.17) is 4.74 Å². The predicted octanol–water partition coefficient (Wildman–Crippen LogP) is 2.60. The lowest BCUT2D eigenvalue weighted by molar-refractivity contribution is -0.137. The van der Waals surface area contributed by atoms with Crippen LogP contribution in [0.3, 0.4) is 0 Å². The molecule has 1 aromatic heterocycles. The highest BCUT2D eigenvalue weighted by atomic mass is 32.2. The Morgan fingerprint density at radius 3 is 3.00 bits per heavy atom. The molecule has 1 saturated heterocycles. The van der Waals surface area contributed by atoms with Gasteiger partial charge in [-0.15, -0.1) is 5.10 Å². The van der Waals surface area contributed by atoms with Gasteiger partial charge in [-0.1, -0.05) is 17.8 Å². The molecule has 26 heavy (non-hydrogen) atoms. The number of nitrogens with one attached hydrogen (secondary N) is 1. The maximum atomic E-state index is 12.7. The Morgan fingerprint density at radius 1 is 1.42 bits per heavy atom. The highest BCUT2D eigenvalue weighted by Gasteiger charge is 2.30. The van der Waals surface area contributed by atoms with E-state index in [9.17, 15) is 18.0 Å². The fraction of sp³-hybridized carbons (Fsp3) is 0.467.